The maximum atomic E-state index is 12.6. The summed E-state index contributed by atoms with van der Waals surface area (Å²) in [6.07, 6.45) is 6.14. The third-order valence-electron chi connectivity index (χ3n) is 7.22. The monoisotopic (exact) mass is 444 g/mol. The molecule has 0 radical (unpaired) electrons. The zero-order valence-corrected chi connectivity index (χ0v) is 19.4. The molecule has 1 unspecified atom stereocenters. The van der Waals surface area contributed by atoms with Gasteiger partial charge in [0.1, 0.15) is 17.5 Å². The first-order valence-electron chi connectivity index (χ1n) is 12.2. The predicted molar refractivity (Wildman–Crippen MR) is 129 cm³/mol. The number of carbonyl (C=O) groups is 1. The molecule has 1 aromatic heterocycles. The van der Waals surface area contributed by atoms with E-state index in [4.69, 9.17) is 9.26 Å². The van der Waals surface area contributed by atoms with Crippen LogP contribution in [0.25, 0.3) is 0 Å². The fourth-order valence-electron chi connectivity index (χ4n) is 5.05. The van der Waals surface area contributed by atoms with E-state index in [1.807, 2.05) is 44.2 Å². The van der Waals surface area contributed by atoms with Gasteiger partial charge in [-0.05, 0) is 80.9 Å². The van der Waals surface area contributed by atoms with Crippen LogP contribution in [0.5, 0.6) is 0 Å². The van der Waals surface area contributed by atoms with Gasteiger partial charge in [-0.15, -0.1) is 0 Å². The van der Waals surface area contributed by atoms with Gasteiger partial charge < -0.3 is 9.26 Å². The summed E-state index contributed by atoms with van der Waals surface area (Å²) in [5.41, 5.74) is 5.25. The number of carbonyl (C=O) groups excluding carboxylic acids is 1. The number of hydrogen-bond acceptors (Lipinski definition) is 4. The number of nitrogens with one attached hydrogen (secondary N) is 1. The first-order valence-corrected chi connectivity index (χ1v) is 12.2. The molecule has 0 saturated heterocycles. The van der Waals surface area contributed by atoms with Crippen molar-refractivity contribution in [2.24, 2.45) is 0 Å². The molecule has 3 aromatic rings. The average molecular weight is 445 g/mol. The summed E-state index contributed by atoms with van der Waals surface area (Å²) in [4.78, 5) is 12.6. The van der Waals surface area contributed by atoms with E-state index in [1.165, 1.54) is 24.0 Å². The van der Waals surface area contributed by atoms with E-state index >= 15 is 0 Å². The van der Waals surface area contributed by atoms with E-state index in [0.29, 0.717) is 17.3 Å². The van der Waals surface area contributed by atoms with Gasteiger partial charge in [0.15, 0.2) is 5.76 Å². The Labute approximate surface area is 195 Å². The Morgan fingerprint density at radius 3 is 2.03 bits per heavy atom. The number of amides is 1. The minimum atomic E-state index is -0.483. The second kappa shape index (κ2) is 9.42. The molecule has 1 heterocycles. The fraction of sp³-hybridized carbons (Fsp3) is 0.429. The highest BCUT2D eigenvalue weighted by molar-refractivity contribution is 5.86. The summed E-state index contributed by atoms with van der Waals surface area (Å²) in [6, 6.07) is 19.0. The van der Waals surface area contributed by atoms with E-state index in [1.54, 1.807) is 0 Å². The van der Waals surface area contributed by atoms with Gasteiger partial charge in [-0.2, -0.15) is 0 Å². The highest BCUT2D eigenvalue weighted by atomic mass is 16.6. The van der Waals surface area contributed by atoms with Crippen LogP contribution in [0.2, 0.25) is 0 Å². The zero-order chi connectivity index (χ0) is 22.8. The number of aryl methyl sites for hydroxylation is 1. The molecule has 0 aliphatic heterocycles. The van der Waals surface area contributed by atoms with Gasteiger partial charge in [-0.1, -0.05) is 59.8 Å². The SMILES string of the molecule is Cc1noc(C2CCC(c3ccc(C4CC4)cc3)CC2)c1NC(=O)OC(C)c1ccccc1. The van der Waals surface area contributed by atoms with Crippen molar-refractivity contribution >= 4 is 11.8 Å². The van der Waals surface area contributed by atoms with Gasteiger partial charge in [0.25, 0.3) is 0 Å². The van der Waals surface area contributed by atoms with Gasteiger partial charge in [0, 0.05) is 5.92 Å². The van der Waals surface area contributed by atoms with Crippen LogP contribution in [-0.2, 0) is 4.74 Å². The molecular formula is C28H32N2O3. The number of hydrogen-bond donors (Lipinski definition) is 1. The Morgan fingerprint density at radius 1 is 0.909 bits per heavy atom. The first kappa shape index (κ1) is 21.7. The third-order valence-corrected chi connectivity index (χ3v) is 7.22. The number of ether oxygens (including phenoxy) is 1. The predicted octanol–water partition coefficient (Wildman–Crippen LogP) is 7.61. The van der Waals surface area contributed by atoms with E-state index < -0.39 is 6.09 Å². The third kappa shape index (κ3) is 4.97. The van der Waals surface area contributed by atoms with Crippen molar-refractivity contribution in [2.75, 3.05) is 5.32 Å². The Hall–Kier alpha value is -3.08. The topological polar surface area (TPSA) is 64.4 Å². The van der Waals surface area contributed by atoms with Crippen molar-refractivity contribution < 1.29 is 14.1 Å². The summed E-state index contributed by atoms with van der Waals surface area (Å²) >= 11 is 0. The Balaban J connectivity index is 1.20. The van der Waals surface area contributed by atoms with Crippen molar-refractivity contribution in [2.45, 2.75) is 76.2 Å². The van der Waals surface area contributed by atoms with Gasteiger partial charge in [0.2, 0.25) is 0 Å². The fourth-order valence-corrected chi connectivity index (χ4v) is 5.05. The standard InChI is InChI=1S/C28H32N2O3/c1-18-26(29-28(31)32-19(2)20-6-4-3-5-7-20)27(33-30-18)25-16-14-24(15-17-25)23-12-10-22(11-13-23)21-8-9-21/h3-7,10-13,19,21,24-25H,8-9,14-17H2,1-2H3,(H,29,31). The number of benzene rings is 2. The van der Waals surface area contributed by atoms with Gasteiger partial charge in [0.05, 0.1) is 0 Å². The van der Waals surface area contributed by atoms with Crippen molar-refractivity contribution in [3.8, 4) is 0 Å². The molecule has 0 bridgehead atoms. The molecule has 5 rings (SSSR count). The second-order valence-corrected chi connectivity index (χ2v) is 9.58. The van der Waals surface area contributed by atoms with Crippen LogP contribution >= 0.6 is 0 Å². The van der Waals surface area contributed by atoms with E-state index in [9.17, 15) is 4.79 Å². The maximum absolute atomic E-state index is 12.6. The molecule has 2 aliphatic carbocycles. The molecule has 1 N–H and O–H groups in total. The van der Waals surface area contributed by atoms with Crippen LogP contribution in [0.4, 0.5) is 10.5 Å². The lowest BCUT2D eigenvalue weighted by Crippen LogP contribution is -2.18. The lowest BCUT2D eigenvalue weighted by atomic mass is 9.77. The molecule has 2 aliphatic rings. The largest absolute Gasteiger partial charge is 0.441 e. The molecule has 5 nitrogen and oxygen atoms in total. The molecule has 1 atom stereocenters. The van der Waals surface area contributed by atoms with Crippen molar-refractivity contribution in [3.63, 3.8) is 0 Å². The van der Waals surface area contributed by atoms with Crippen LogP contribution in [0.15, 0.2) is 59.1 Å². The van der Waals surface area contributed by atoms with Gasteiger partial charge in [-0.25, -0.2) is 4.79 Å². The quantitative estimate of drug-likeness (QED) is 0.425. The highest BCUT2D eigenvalue weighted by Crippen LogP contribution is 2.44. The number of anilines is 1. The Bertz CT molecular complexity index is 1080. The first-order chi connectivity index (χ1) is 16.1. The molecule has 2 aromatic carbocycles. The number of aromatic nitrogens is 1. The lowest BCUT2D eigenvalue weighted by molar-refractivity contribution is 0.121. The molecule has 33 heavy (non-hydrogen) atoms. The van der Waals surface area contributed by atoms with E-state index in [0.717, 1.165) is 42.9 Å². The van der Waals surface area contributed by atoms with Crippen molar-refractivity contribution in [1.82, 2.24) is 5.16 Å². The normalized spacial score (nSPS) is 21.4. The van der Waals surface area contributed by atoms with Crippen LogP contribution < -0.4 is 5.32 Å². The Morgan fingerprint density at radius 2 is 1.45 bits per heavy atom. The molecular weight excluding hydrogens is 412 g/mol. The minimum absolute atomic E-state index is 0.259. The molecule has 5 heteroatoms. The molecule has 2 fully saturated rings. The maximum Gasteiger partial charge on any atom is 0.412 e. The summed E-state index contributed by atoms with van der Waals surface area (Å²) in [5, 5.41) is 7.05. The smallest absolute Gasteiger partial charge is 0.412 e. The van der Waals surface area contributed by atoms with Gasteiger partial charge in [-0.3, -0.25) is 5.32 Å². The summed E-state index contributed by atoms with van der Waals surface area (Å²) in [7, 11) is 0. The molecule has 2 saturated carbocycles. The van der Waals surface area contributed by atoms with E-state index in [2.05, 4.69) is 34.7 Å². The number of rotatable bonds is 6. The van der Waals surface area contributed by atoms with Crippen molar-refractivity contribution in [1.29, 1.82) is 0 Å². The van der Waals surface area contributed by atoms with Crippen molar-refractivity contribution in [3.05, 3.63) is 82.7 Å². The summed E-state index contributed by atoms with van der Waals surface area (Å²) in [6.45, 7) is 3.73. The summed E-state index contributed by atoms with van der Waals surface area (Å²) in [5.74, 6) is 2.43. The van der Waals surface area contributed by atoms with Crippen LogP contribution in [0.3, 0.4) is 0 Å². The Kier molecular flexibility index (Phi) is 6.21. The highest BCUT2D eigenvalue weighted by Gasteiger charge is 2.30. The molecule has 0 spiro atoms. The molecule has 1 amide bonds. The number of nitrogens with zero attached hydrogens (tertiary/aromatic N) is 1. The summed E-state index contributed by atoms with van der Waals surface area (Å²) < 4.78 is 11.3. The van der Waals surface area contributed by atoms with Gasteiger partial charge >= 0.3 is 6.09 Å². The second-order valence-electron chi connectivity index (χ2n) is 9.58. The molecule has 172 valence electrons. The average Bonchev–Trinajstić information content (AvgIpc) is 3.64. The lowest BCUT2D eigenvalue weighted by Gasteiger charge is -2.28. The van der Waals surface area contributed by atoms with Crippen LogP contribution in [0.1, 0.15) is 97.5 Å². The van der Waals surface area contributed by atoms with Crippen LogP contribution in [-0.4, -0.2) is 11.2 Å². The van der Waals surface area contributed by atoms with Crippen LogP contribution in [0, 0.1) is 6.92 Å². The minimum Gasteiger partial charge on any atom is -0.441 e. The zero-order valence-electron chi connectivity index (χ0n) is 19.4. The van der Waals surface area contributed by atoms with E-state index in [-0.39, 0.29) is 12.0 Å².